The third-order valence-electron chi connectivity index (χ3n) is 6.56. The maximum absolute atomic E-state index is 9.52. The fourth-order valence-electron chi connectivity index (χ4n) is 4.58. The van der Waals surface area contributed by atoms with Gasteiger partial charge in [0.1, 0.15) is 18.3 Å². The minimum Gasteiger partial charge on any atom is -0.494 e. The second kappa shape index (κ2) is 12.0. The van der Waals surface area contributed by atoms with Crippen LogP contribution in [0.4, 0.5) is 11.8 Å². The molecule has 3 heterocycles. The standard InChI is InChI=1S/C27H33N9O3/c28-24-23-25(34-16-33-24)36(22-10-9-21(15-37)39-22)27(35-23)32-14-17-5-7-18(8-6-17)19-3-1-4-20(13-19)38-12-2-11-31-26(29)30/h1,3-8,13,16,21-22,37H,2,9-12,14-15H2,(H,32,35)(H2,28,33,34)(H4,29,30,31)/t21-,22+/m0/s1. The van der Waals surface area contributed by atoms with Crippen LogP contribution in [0.25, 0.3) is 22.3 Å². The number of guanidine groups is 1. The Labute approximate surface area is 225 Å². The summed E-state index contributed by atoms with van der Waals surface area (Å²) in [5.74, 6) is 1.65. The van der Waals surface area contributed by atoms with Crippen LogP contribution >= 0.6 is 0 Å². The number of aliphatic hydroxyl groups is 1. The van der Waals surface area contributed by atoms with Gasteiger partial charge in [-0.05, 0) is 48.1 Å². The number of fused-ring (bicyclic) bond motifs is 1. The van der Waals surface area contributed by atoms with Crippen LogP contribution in [0.15, 0.2) is 54.9 Å². The second-order valence-corrected chi connectivity index (χ2v) is 9.33. The number of hydrogen-bond acceptors (Lipinski definition) is 9. The molecule has 1 aliphatic rings. The number of nitrogens with zero attached hydrogens (tertiary/aromatic N) is 4. The Kier molecular flexibility index (Phi) is 8.04. The predicted molar refractivity (Wildman–Crippen MR) is 149 cm³/mol. The summed E-state index contributed by atoms with van der Waals surface area (Å²) in [6.07, 6.45) is 3.15. The van der Waals surface area contributed by atoms with E-state index in [0.717, 1.165) is 41.7 Å². The average molecular weight is 532 g/mol. The molecule has 39 heavy (non-hydrogen) atoms. The van der Waals surface area contributed by atoms with Crippen molar-refractivity contribution in [2.45, 2.75) is 38.1 Å². The van der Waals surface area contributed by atoms with Crippen molar-refractivity contribution in [3.63, 3.8) is 0 Å². The normalized spacial score (nSPS) is 16.8. The van der Waals surface area contributed by atoms with Crippen molar-refractivity contribution in [2.75, 3.05) is 30.8 Å². The predicted octanol–water partition coefficient (Wildman–Crippen LogP) is 2.61. The fourth-order valence-corrected chi connectivity index (χ4v) is 4.58. The van der Waals surface area contributed by atoms with E-state index in [4.69, 9.17) is 26.4 Å². The van der Waals surface area contributed by atoms with Crippen molar-refractivity contribution in [1.29, 1.82) is 5.41 Å². The van der Waals surface area contributed by atoms with Crippen LogP contribution in [0.2, 0.25) is 0 Å². The van der Waals surface area contributed by atoms with Crippen molar-refractivity contribution < 1.29 is 14.6 Å². The number of nitrogens with two attached hydrogens (primary N) is 2. The lowest BCUT2D eigenvalue weighted by Crippen LogP contribution is -2.31. The largest absolute Gasteiger partial charge is 0.494 e. The molecule has 12 nitrogen and oxygen atoms in total. The zero-order valence-corrected chi connectivity index (χ0v) is 21.5. The molecule has 4 aromatic rings. The van der Waals surface area contributed by atoms with Gasteiger partial charge in [-0.25, -0.2) is 15.0 Å². The van der Waals surface area contributed by atoms with E-state index in [-0.39, 0.29) is 24.9 Å². The van der Waals surface area contributed by atoms with Gasteiger partial charge >= 0.3 is 0 Å². The van der Waals surface area contributed by atoms with Crippen LogP contribution < -0.4 is 26.8 Å². The Balaban J connectivity index is 1.25. The maximum Gasteiger partial charge on any atom is 0.207 e. The molecule has 1 aliphatic heterocycles. The Morgan fingerprint density at radius 3 is 2.77 bits per heavy atom. The van der Waals surface area contributed by atoms with Gasteiger partial charge in [-0.3, -0.25) is 9.98 Å². The summed E-state index contributed by atoms with van der Waals surface area (Å²) in [4.78, 5) is 13.1. The summed E-state index contributed by atoms with van der Waals surface area (Å²) in [5.41, 5.74) is 15.7. The highest BCUT2D eigenvalue weighted by atomic mass is 16.5. The summed E-state index contributed by atoms with van der Waals surface area (Å²) >= 11 is 0. The number of ether oxygens (including phenoxy) is 2. The number of nitrogen functional groups attached to an aromatic ring is 1. The summed E-state index contributed by atoms with van der Waals surface area (Å²) in [6.45, 7) is 1.63. The number of aromatic nitrogens is 4. The quantitative estimate of drug-likeness (QED) is 0.0955. The molecule has 0 spiro atoms. The number of nitrogens with one attached hydrogen (secondary N) is 3. The van der Waals surface area contributed by atoms with Gasteiger partial charge in [-0.1, -0.05) is 36.4 Å². The van der Waals surface area contributed by atoms with Crippen molar-refractivity contribution in [2.24, 2.45) is 5.73 Å². The highest BCUT2D eigenvalue weighted by Gasteiger charge is 2.30. The van der Waals surface area contributed by atoms with Crippen LogP contribution in [0, 0.1) is 5.41 Å². The monoisotopic (exact) mass is 531 g/mol. The topological polar surface area (TPSA) is 182 Å². The van der Waals surface area contributed by atoms with Gasteiger partial charge in [0.2, 0.25) is 5.95 Å². The van der Waals surface area contributed by atoms with E-state index in [9.17, 15) is 5.11 Å². The number of hydrogen-bond donors (Lipinski definition) is 6. The first-order chi connectivity index (χ1) is 19.0. The van der Waals surface area contributed by atoms with Gasteiger partial charge in [-0.15, -0.1) is 0 Å². The minimum atomic E-state index is -0.300. The van der Waals surface area contributed by atoms with Gasteiger partial charge < -0.3 is 36.7 Å². The van der Waals surface area contributed by atoms with Crippen molar-refractivity contribution in [3.05, 3.63) is 60.4 Å². The molecule has 2 aromatic heterocycles. The maximum atomic E-state index is 9.52. The molecule has 0 saturated carbocycles. The van der Waals surface area contributed by atoms with E-state index in [1.807, 2.05) is 28.8 Å². The number of benzene rings is 2. The number of rotatable bonds is 11. The molecular formula is C27H33N9O3. The van der Waals surface area contributed by atoms with E-state index < -0.39 is 0 Å². The van der Waals surface area contributed by atoms with Crippen molar-refractivity contribution >= 4 is 28.9 Å². The lowest BCUT2D eigenvalue weighted by atomic mass is 10.0. The Morgan fingerprint density at radius 1 is 1.15 bits per heavy atom. The summed E-state index contributed by atoms with van der Waals surface area (Å²) < 4.78 is 13.8. The molecular weight excluding hydrogens is 498 g/mol. The van der Waals surface area contributed by atoms with Crippen LogP contribution in [0.1, 0.15) is 31.1 Å². The van der Waals surface area contributed by atoms with E-state index in [1.165, 1.54) is 6.33 Å². The molecule has 2 atom stereocenters. The molecule has 0 bridgehead atoms. The molecule has 5 rings (SSSR count). The first-order valence-corrected chi connectivity index (χ1v) is 12.9. The summed E-state index contributed by atoms with van der Waals surface area (Å²) in [7, 11) is 0. The molecule has 2 aromatic carbocycles. The van der Waals surface area contributed by atoms with Gasteiger partial charge in [0, 0.05) is 13.1 Å². The van der Waals surface area contributed by atoms with Crippen molar-refractivity contribution in [3.8, 4) is 16.9 Å². The number of aliphatic hydroxyl groups excluding tert-OH is 1. The molecule has 0 unspecified atom stereocenters. The summed E-state index contributed by atoms with van der Waals surface area (Å²) in [6, 6.07) is 16.3. The highest BCUT2D eigenvalue weighted by molar-refractivity contribution is 5.84. The SMILES string of the molecule is N=C(N)NCCCOc1cccc(-c2ccc(CNc3nc4c(N)ncnc4n3[C@H]3CC[C@@H](CO)O3)cc2)c1. The number of imidazole rings is 1. The molecule has 1 fully saturated rings. The van der Waals surface area contributed by atoms with Gasteiger partial charge in [0.15, 0.2) is 22.9 Å². The average Bonchev–Trinajstić information content (AvgIpc) is 3.57. The highest BCUT2D eigenvalue weighted by Crippen LogP contribution is 2.34. The molecule has 12 heteroatoms. The smallest absolute Gasteiger partial charge is 0.207 e. The molecule has 0 aliphatic carbocycles. The van der Waals surface area contributed by atoms with Gasteiger partial charge in [-0.2, -0.15) is 0 Å². The fraction of sp³-hybridized carbons (Fsp3) is 0.333. The third-order valence-corrected chi connectivity index (χ3v) is 6.56. The molecule has 8 N–H and O–H groups in total. The van der Waals surface area contributed by atoms with Crippen LogP contribution in [-0.4, -0.2) is 56.4 Å². The van der Waals surface area contributed by atoms with Gasteiger partial charge in [0.25, 0.3) is 0 Å². The van der Waals surface area contributed by atoms with Crippen LogP contribution in [0.3, 0.4) is 0 Å². The summed E-state index contributed by atoms with van der Waals surface area (Å²) in [5, 5.41) is 22.9. The first-order valence-electron chi connectivity index (χ1n) is 12.9. The molecule has 0 radical (unpaired) electrons. The first kappa shape index (κ1) is 26.2. The lowest BCUT2D eigenvalue weighted by molar-refractivity contribution is -0.0197. The van der Waals surface area contributed by atoms with E-state index in [1.54, 1.807) is 0 Å². The minimum absolute atomic E-state index is 0.0248. The zero-order valence-electron chi connectivity index (χ0n) is 21.5. The van der Waals surface area contributed by atoms with Crippen LogP contribution in [-0.2, 0) is 11.3 Å². The third kappa shape index (κ3) is 6.19. The zero-order chi connectivity index (χ0) is 27.2. The molecule has 204 valence electrons. The van der Waals surface area contributed by atoms with E-state index in [2.05, 4.69) is 49.9 Å². The Morgan fingerprint density at radius 2 is 2.00 bits per heavy atom. The Hall–Kier alpha value is -4.42. The lowest BCUT2D eigenvalue weighted by Gasteiger charge is -2.17. The van der Waals surface area contributed by atoms with Gasteiger partial charge in [0.05, 0.1) is 19.3 Å². The van der Waals surface area contributed by atoms with E-state index >= 15 is 0 Å². The second-order valence-electron chi connectivity index (χ2n) is 9.33. The van der Waals surface area contributed by atoms with Crippen LogP contribution in [0.5, 0.6) is 5.75 Å². The van der Waals surface area contributed by atoms with E-state index in [0.29, 0.717) is 42.6 Å². The number of anilines is 2. The Bertz CT molecular complexity index is 1420. The molecule has 0 amide bonds. The van der Waals surface area contributed by atoms with Crippen molar-refractivity contribution in [1.82, 2.24) is 24.8 Å². The molecule has 1 saturated heterocycles.